The van der Waals surface area contributed by atoms with Crippen LogP contribution in [0.25, 0.3) is 0 Å². The summed E-state index contributed by atoms with van der Waals surface area (Å²) in [6.07, 6.45) is -0.0659. The highest BCUT2D eigenvalue weighted by Gasteiger charge is 2.47. The third-order valence-electron chi connectivity index (χ3n) is 5.54. The molecular formula is C25H29Cl2FN2O5. The van der Waals surface area contributed by atoms with E-state index in [1.807, 2.05) is 6.92 Å². The van der Waals surface area contributed by atoms with Crippen LogP contribution in [0.5, 0.6) is 5.75 Å². The minimum absolute atomic E-state index is 0. The van der Waals surface area contributed by atoms with Gasteiger partial charge in [-0.15, -0.1) is 12.4 Å². The van der Waals surface area contributed by atoms with Crippen LogP contribution in [0.15, 0.2) is 36.4 Å². The fourth-order valence-electron chi connectivity index (χ4n) is 3.79. The SMILES string of the molecule is CCCNCC(=O)O[C@H]1[C@H](NC(=O)c2ccc(F)c(Cl)c2)c2cc(C(C)=O)ccc2OC1(C)C.Cl. The molecular weight excluding hydrogens is 498 g/mol. The maximum absolute atomic E-state index is 13.6. The summed E-state index contributed by atoms with van der Waals surface area (Å²) in [6.45, 7) is 7.55. The van der Waals surface area contributed by atoms with Gasteiger partial charge in [-0.1, -0.05) is 18.5 Å². The maximum atomic E-state index is 13.6. The molecule has 0 aliphatic carbocycles. The number of halogens is 3. The lowest BCUT2D eigenvalue weighted by atomic mass is 9.85. The molecule has 0 fully saturated rings. The smallest absolute Gasteiger partial charge is 0.320 e. The zero-order chi connectivity index (χ0) is 25.0. The monoisotopic (exact) mass is 526 g/mol. The van der Waals surface area contributed by atoms with Crippen LogP contribution in [0, 0.1) is 5.82 Å². The summed E-state index contributed by atoms with van der Waals surface area (Å²) in [7, 11) is 0. The van der Waals surface area contributed by atoms with E-state index in [0.29, 0.717) is 23.4 Å². The molecule has 7 nitrogen and oxygen atoms in total. The van der Waals surface area contributed by atoms with Crippen LogP contribution in [0.2, 0.25) is 5.02 Å². The number of ketones is 1. The lowest BCUT2D eigenvalue weighted by Gasteiger charge is -2.44. The van der Waals surface area contributed by atoms with Crippen molar-refractivity contribution < 1.29 is 28.2 Å². The van der Waals surface area contributed by atoms with E-state index in [-0.39, 0.29) is 35.3 Å². The number of nitrogens with one attached hydrogen (secondary N) is 2. The van der Waals surface area contributed by atoms with Crippen LogP contribution in [-0.2, 0) is 9.53 Å². The molecule has 2 atom stereocenters. The van der Waals surface area contributed by atoms with E-state index in [4.69, 9.17) is 21.1 Å². The minimum atomic E-state index is -1.01. The van der Waals surface area contributed by atoms with Gasteiger partial charge in [0.2, 0.25) is 0 Å². The number of carbonyl (C=O) groups is 3. The Hall–Kier alpha value is -2.68. The van der Waals surface area contributed by atoms with E-state index >= 15 is 0 Å². The molecule has 1 aliphatic heterocycles. The van der Waals surface area contributed by atoms with E-state index in [2.05, 4.69) is 10.6 Å². The Morgan fingerprint density at radius 1 is 1.14 bits per heavy atom. The summed E-state index contributed by atoms with van der Waals surface area (Å²) >= 11 is 5.85. The van der Waals surface area contributed by atoms with Crippen LogP contribution in [0.4, 0.5) is 4.39 Å². The summed E-state index contributed by atoms with van der Waals surface area (Å²) in [5.41, 5.74) is 0.0344. The molecule has 35 heavy (non-hydrogen) atoms. The number of ether oxygens (including phenoxy) is 2. The summed E-state index contributed by atoms with van der Waals surface area (Å²) in [4.78, 5) is 37.7. The Balaban J connectivity index is 0.00000432. The van der Waals surface area contributed by atoms with Crippen molar-refractivity contribution in [1.29, 1.82) is 0 Å². The first-order chi connectivity index (χ1) is 16.0. The second-order valence-corrected chi connectivity index (χ2v) is 9.09. The number of hydrogen-bond donors (Lipinski definition) is 2. The molecule has 0 saturated carbocycles. The molecule has 3 rings (SSSR count). The number of hydrogen-bond acceptors (Lipinski definition) is 6. The van der Waals surface area contributed by atoms with Crippen molar-refractivity contribution in [2.45, 2.75) is 51.9 Å². The molecule has 0 saturated heterocycles. The third kappa shape index (κ3) is 6.72. The van der Waals surface area contributed by atoms with Crippen LogP contribution in [0.3, 0.4) is 0 Å². The van der Waals surface area contributed by atoms with E-state index in [0.717, 1.165) is 12.5 Å². The van der Waals surface area contributed by atoms with Gasteiger partial charge >= 0.3 is 5.97 Å². The normalized spacial score (nSPS) is 17.9. The molecule has 2 N–H and O–H groups in total. The van der Waals surface area contributed by atoms with E-state index in [9.17, 15) is 18.8 Å². The standard InChI is InChI=1S/C25H28ClFN2O5.ClH/c1-5-10-28-13-21(31)33-23-22(29-24(32)16-6-8-19(27)18(26)12-16)17-11-15(14(2)30)7-9-20(17)34-25(23,3)4;/h6-9,11-12,22-23,28H,5,10,13H2,1-4H3,(H,29,32);1H/t22-,23+;/m1./s1. The zero-order valence-corrected chi connectivity index (χ0v) is 21.5. The Kier molecular flexibility index (Phi) is 9.66. The molecule has 1 aliphatic rings. The van der Waals surface area contributed by atoms with Gasteiger partial charge in [0.25, 0.3) is 5.91 Å². The summed E-state index contributed by atoms with van der Waals surface area (Å²) < 4.78 is 25.5. The predicted octanol–water partition coefficient (Wildman–Crippen LogP) is 4.66. The second-order valence-electron chi connectivity index (χ2n) is 8.68. The van der Waals surface area contributed by atoms with Gasteiger partial charge in [-0.2, -0.15) is 0 Å². The zero-order valence-electron chi connectivity index (χ0n) is 19.9. The van der Waals surface area contributed by atoms with Gasteiger partial charge in [0.1, 0.15) is 17.2 Å². The predicted molar refractivity (Wildman–Crippen MR) is 133 cm³/mol. The highest BCUT2D eigenvalue weighted by molar-refractivity contribution is 6.31. The van der Waals surface area contributed by atoms with Gasteiger partial charge in [0.15, 0.2) is 11.9 Å². The fourth-order valence-corrected chi connectivity index (χ4v) is 3.97. The number of carbonyl (C=O) groups excluding carboxylic acids is 3. The second kappa shape index (κ2) is 11.8. The van der Waals surface area contributed by atoms with E-state index in [1.54, 1.807) is 32.0 Å². The topological polar surface area (TPSA) is 93.7 Å². The van der Waals surface area contributed by atoms with Gasteiger partial charge in [0, 0.05) is 16.7 Å². The highest BCUT2D eigenvalue weighted by Crippen LogP contribution is 2.42. The van der Waals surface area contributed by atoms with E-state index < -0.39 is 35.4 Å². The molecule has 0 radical (unpaired) electrons. The Morgan fingerprint density at radius 3 is 2.46 bits per heavy atom. The number of rotatable bonds is 8. The van der Waals surface area contributed by atoms with Crippen molar-refractivity contribution in [1.82, 2.24) is 10.6 Å². The van der Waals surface area contributed by atoms with Gasteiger partial charge < -0.3 is 20.1 Å². The largest absolute Gasteiger partial charge is 0.484 e. The van der Waals surface area contributed by atoms with Gasteiger partial charge in [-0.3, -0.25) is 14.4 Å². The van der Waals surface area contributed by atoms with Crippen molar-refractivity contribution in [3.8, 4) is 5.75 Å². The first kappa shape index (κ1) is 28.6. The molecule has 190 valence electrons. The van der Waals surface area contributed by atoms with Crippen molar-refractivity contribution in [2.24, 2.45) is 0 Å². The quantitative estimate of drug-likeness (QED) is 0.295. The fraction of sp³-hybridized carbons (Fsp3) is 0.400. The number of esters is 1. The van der Waals surface area contributed by atoms with Crippen molar-refractivity contribution in [2.75, 3.05) is 13.1 Å². The first-order valence-electron chi connectivity index (χ1n) is 11.0. The molecule has 1 heterocycles. The molecule has 10 heteroatoms. The number of fused-ring (bicyclic) bond motifs is 1. The van der Waals surface area contributed by atoms with Crippen molar-refractivity contribution in [3.05, 3.63) is 63.9 Å². The van der Waals surface area contributed by atoms with Gasteiger partial charge in [-0.25, -0.2) is 4.39 Å². The summed E-state index contributed by atoms with van der Waals surface area (Å²) in [6, 6.07) is 7.70. The average Bonchev–Trinajstić information content (AvgIpc) is 2.77. The summed E-state index contributed by atoms with van der Waals surface area (Å²) in [5, 5.41) is 5.67. The van der Waals surface area contributed by atoms with Gasteiger partial charge in [0.05, 0.1) is 17.6 Å². The lowest BCUT2D eigenvalue weighted by molar-refractivity contribution is -0.164. The molecule has 2 aromatic rings. The third-order valence-corrected chi connectivity index (χ3v) is 5.82. The van der Waals surface area contributed by atoms with Crippen LogP contribution < -0.4 is 15.4 Å². The van der Waals surface area contributed by atoms with Crippen LogP contribution in [0.1, 0.15) is 66.4 Å². The first-order valence-corrected chi connectivity index (χ1v) is 11.4. The molecule has 1 amide bonds. The Morgan fingerprint density at radius 2 is 1.83 bits per heavy atom. The molecule has 0 unspecified atom stereocenters. The molecule has 0 aromatic heterocycles. The molecule has 2 aromatic carbocycles. The average molecular weight is 527 g/mol. The number of amides is 1. The van der Waals surface area contributed by atoms with Crippen LogP contribution >= 0.6 is 24.0 Å². The van der Waals surface area contributed by atoms with E-state index in [1.165, 1.54) is 19.1 Å². The number of Topliss-reactive ketones (excluding diaryl/α,β-unsaturated/α-hetero) is 1. The lowest BCUT2D eigenvalue weighted by Crippen LogP contribution is -2.56. The minimum Gasteiger partial charge on any atom is -0.484 e. The molecule has 0 spiro atoms. The van der Waals surface area contributed by atoms with Crippen LogP contribution in [-0.4, -0.2) is 42.5 Å². The van der Waals surface area contributed by atoms with Gasteiger partial charge in [-0.05, 0) is 70.1 Å². The van der Waals surface area contributed by atoms with Crippen molar-refractivity contribution >= 4 is 41.7 Å². The molecule has 0 bridgehead atoms. The Labute approximate surface area is 215 Å². The highest BCUT2D eigenvalue weighted by atomic mass is 35.5. The van der Waals surface area contributed by atoms with Crippen molar-refractivity contribution in [3.63, 3.8) is 0 Å². The maximum Gasteiger partial charge on any atom is 0.320 e. The summed E-state index contributed by atoms with van der Waals surface area (Å²) in [5.74, 6) is -1.42. The number of benzene rings is 2. The Bertz CT molecular complexity index is 1110.